The minimum atomic E-state index is -0.278. The van der Waals surface area contributed by atoms with Crippen LogP contribution in [0.5, 0.6) is 5.75 Å². The summed E-state index contributed by atoms with van der Waals surface area (Å²) in [4.78, 5) is 2.24. The smallest absolute Gasteiger partial charge is 0.144 e. The Morgan fingerprint density at radius 2 is 2.31 bits per heavy atom. The van der Waals surface area contributed by atoms with Crippen molar-refractivity contribution in [2.45, 2.75) is 25.0 Å². The van der Waals surface area contributed by atoms with Gasteiger partial charge in [0.2, 0.25) is 0 Å². The summed E-state index contributed by atoms with van der Waals surface area (Å²) in [6.07, 6.45) is 1.62. The number of aliphatic hydroxyl groups excluding tert-OH is 1. The third-order valence-corrected chi connectivity index (χ3v) is 3.45. The Morgan fingerprint density at radius 3 is 3.19 bits per heavy atom. The number of nitrogens with zero attached hydrogens (tertiary/aromatic N) is 1. The molecule has 1 aromatic carbocycles. The molecule has 0 radical (unpaired) electrons. The van der Waals surface area contributed by atoms with E-state index in [9.17, 15) is 5.11 Å². The second kappa shape index (κ2) is 3.56. The molecule has 86 valence electrons. The van der Waals surface area contributed by atoms with Crippen LogP contribution in [0.25, 0.3) is 0 Å². The maximum Gasteiger partial charge on any atom is 0.144 e. The molecule has 0 aromatic heterocycles. The Kier molecular flexibility index (Phi) is 2.17. The SMILES string of the molecule is Nc1ccc2c(c1)OCC1C(O)CCCN21. The topological polar surface area (TPSA) is 58.7 Å². The third-order valence-electron chi connectivity index (χ3n) is 3.45. The number of nitrogen functional groups attached to an aromatic ring is 1. The van der Waals surface area contributed by atoms with Crippen molar-refractivity contribution in [1.82, 2.24) is 0 Å². The third kappa shape index (κ3) is 1.41. The molecule has 1 fully saturated rings. The number of fused-ring (bicyclic) bond motifs is 3. The maximum atomic E-state index is 9.94. The van der Waals surface area contributed by atoms with Crippen molar-refractivity contribution in [3.05, 3.63) is 18.2 Å². The predicted molar refractivity (Wildman–Crippen MR) is 62.7 cm³/mol. The van der Waals surface area contributed by atoms with Gasteiger partial charge in [-0.2, -0.15) is 0 Å². The number of ether oxygens (including phenoxy) is 1. The molecule has 0 aliphatic carbocycles. The molecule has 0 amide bonds. The van der Waals surface area contributed by atoms with Crippen molar-refractivity contribution < 1.29 is 9.84 Å². The van der Waals surface area contributed by atoms with Gasteiger partial charge in [-0.25, -0.2) is 0 Å². The molecule has 0 saturated carbocycles. The van der Waals surface area contributed by atoms with E-state index in [1.54, 1.807) is 0 Å². The largest absolute Gasteiger partial charge is 0.489 e. The lowest BCUT2D eigenvalue weighted by atomic mass is 9.97. The standard InChI is InChI=1S/C12H16N2O2/c13-8-3-4-9-12(6-8)16-7-10-11(15)2-1-5-14(9)10/h3-4,6,10-11,15H,1-2,5,7,13H2. The normalized spacial score (nSPS) is 27.9. The van der Waals surface area contributed by atoms with Crippen LogP contribution in [0.4, 0.5) is 11.4 Å². The zero-order valence-electron chi connectivity index (χ0n) is 9.10. The van der Waals surface area contributed by atoms with Gasteiger partial charge in [0.05, 0.1) is 17.8 Å². The van der Waals surface area contributed by atoms with Gasteiger partial charge in [0.1, 0.15) is 12.4 Å². The molecule has 3 rings (SSSR count). The van der Waals surface area contributed by atoms with Gasteiger partial charge in [0, 0.05) is 18.3 Å². The summed E-state index contributed by atoms with van der Waals surface area (Å²) in [7, 11) is 0. The van der Waals surface area contributed by atoms with E-state index in [1.807, 2.05) is 18.2 Å². The Morgan fingerprint density at radius 1 is 1.44 bits per heavy atom. The number of benzene rings is 1. The number of hydrogen-bond donors (Lipinski definition) is 2. The summed E-state index contributed by atoms with van der Waals surface area (Å²) in [6.45, 7) is 1.54. The molecule has 1 saturated heterocycles. The number of nitrogens with two attached hydrogens (primary N) is 1. The van der Waals surface area contributed by atoms with E-state index >= 15 is 0 Å². The Hall–Kier alpha value is -1.42. The molecule has 16 heavy (non-hydrogen) atoms. The van der Waals surface area contributed by atoms with Crippen LogP contribution < -0.4 is 15.4 Å². The van der Waals surface area contributed by atoms with Crippen LogP contribution in [0.3, 0.4) is 0 Å². The highest BCUT2D eigenvalue weighted by Crippen LogP contribution is 2.38. The van der Waals surface area contributed by atoms with E-state index in [1.165, 1.54) is 0 Å². The first-order valence-corrected chi connectivity index (χ1v) is 5.73. The van der Waals surface area contributed by atoms with Gasteiger partial charge in [-0.1, -0.05) is 0 Å². The van der Waals surface area contributed by atoms with E-state index in [0.29, 0.717) is 6.61 Å². The first-order valence-electron chi connectivity index (χ1n) is 5.73. The first kappa shape index (κ1) is 9.78. The number of hydrogen-bond acceptors (Lipinski definition) is 4. The Bertz CT molecular complexity index is 408. The van der Waals surface area contributed by atoms with Gasteiger partial charge in [0.15, 0.2) is 0 Å². The fourth-order valence-corrected chi connectivity index (χ4v) is 2.60. The van der Waals surface area contributed by atoms with Gasteiger partial charge in [0.25, 0.3) is 0 Å². The summed E-state index contributed by atoms with van der Waals surface area (Å²) < 4.78 is 5.66. The van der Waals surface area contributed by atoms with Crippen LogP contribution in [0.2, 0.25) is 0 Å². The highest BCUT2D eigenvalue weighted by atomic mass is 16.5. The molecule has 3 N–H and O–H groups in total. The second-order valence-corrected chi connectivity index (χ2v) is 4.51. The molecule has 2 atom stereocenters. The van der Waals surface area contributed by atoms with Gasteiger partial charge < -0.3 is 20.5 Å². The van der Waals surface area contributed by atoms with Crippen LogP contribution in [0, 0.1) is 0 Å². The Balaban J connectivity index is 1.99. The second-order valence-electron chi connectivity index (χ2n) is 4.51. The van der Waals surface area contributed by atoms with E-state index in [4.69, 9.17) is 10.5 Å². The summed E-state index contributed by atoms with van der Waals surface area (Å²) in [5.41, 5.74) is 7.51. The minimum Gasteiger partial charge on any atom is -0.489 e. The van der Waals surface area contributed by atoms with Crippen molar-refractivity contribution in [3.8, 4) is 5.75 Å². The van der Waals surface area contributed by atoms with Crippen LogP contribution in [0.1, 0.15) is 12.8 Å². The lowest BCUT2D eigenvalue weighted by molar-refractivity contribution is 0.0799. The molecule has 2 aliphatic rings. The van der Waals surface area contributed by atoms with E-state index in [0.717, 1.165) is 36.5 Å². The molecule has 4 nitrogen and oxygen atoms in total. The highest BCUT2D eigenvalue weighted by molar-refractivity contribution is 5.66. The van der Waals surface area contributed by atoms with Crippen LogP contribution >= 0.6 is 0 Å². The quantitative estimate of drug-likeness (QED) is 0.640. The zero-order valence-corrected chi connectivity index (χ0v) is 9.10. The molecule has 1 aromatic rings. The van der Waals surface area contributed by atoms with Crippen LogP contribution in [-0.2, 0) is 0 Å². The number of anilines is 2. The first-order chi connectivity index (χ1) is 7.75. The lowest BCUT2D eigenvalue weighted by Gasteiger charge is -2.44. The van der Waals surface area contributed by atoms with Crippen LogP contribution in [-0.4, -0.2) is 30.4 Å². The number of rotatable bonds is 0. The summed E-state index contributed by atoms with van der Waals surface area (Å²) in [5, 5.41) is 9.94. The average Bonchev–Trinajstić information content (AvgIpc) is 2.28. The molecule has 0 spiro atoms. The van der Waals surface area contributed by atoms with Crippen molar-refractivity contribution in [1.29, 1.82) is 0 Å². The summed E-state index contributed by atoms with van der Waals surface area (Å²) in [6, 6.07) is 5.82. The number of aliphatic hydroxyl groups is 1. The van der Waals surface area contributed by atoms with Crippen LogP contribution in [0.15, 0.2) is 18.2 Å². The maximum absolute atomic E-state index is 9.94. The predicted octanol–water partition coefficient (Wildman–Crippen LogP) is 0.991. The van der Waals surface area contributed by atoms with Gasteiger partial charge in [-0.05, 0) is 25.0 Å². The van der Waals surface area contributed by atoms with E-state index in [-0.39, 0.29) is 12.1 Å². The Labute approximate surface area is 94.6 Å². The van der Waals surface area contributed by atoms with Gasteiger partial charge in [-0.15, -0.1) is 0 Å². The fourth-order valence-electron chi connectivity index (χ4n) is 2.60. The molecule has 2 heterocycles. The average molecular weight is 220 g/mol. The number of piperidine rings is 1. The molecule has 0 bridgehead atoms. The molecular formula is C12H16N2O2. The minimum absolute atomic E-state index is 0.102. The lowest BCUT2D eigenvalue weighted by Crippen LogP contribution is -2.53. The van der Waals surface area contributed by atoms with E-state index in [2.05, 4.69) is 4.90 Å². The van der Waals surface area contributed by atoms with Crippen molar-refractivity contribution in [2.75, 3.05) is 23.8 Å². The molecule has 2 aliphatic heterocycles. The monoisotopic (exact) mass is 220 g/mol. The fraction of sp³-hybridized carbons (Fsp3) is 0.500. The van der Waals surface area contributed by atoms with Crippen molar-refractivity contribution >= 4 is 11.4 Å². The highest BCUT2D eigenvalue weighted by Gasteiger charge is 2.35. The van der Waals surface area contributed by atoms with Gasteiger partial charge >= 0.3 is 0 Å². The zero-order chi connectivity index (χ0) is 11.1. The molecular weight excluding hydrogens is 204 g/mol. The molecule has 2 unspecified atom stereocenters. The van der Waals surface area contributed by atoms with E-state index < -0.39 is 0 Å². The van der Waals surface area contributed by atoms with Gasteiger partial charge in [-0.3, -0.25) is 0 Å². The summed E-state index contributed by atoms with van der Waals surface area (Å²) in [5.74, 6) is 0.838. The van der Waals surface area contributed by atoms with Crippen molar-refractivity contribution in [3.63, 3.8) is 0 Å². The summed E-state index contributed by atoms with van der Waals surface area (Å²) >= 11 is 0. The van der Waals surface area contributed by atoms with Crippen molar-refractivity contribution in [2.24, 2.45) is 0 Å². The molecule has 4 heteroatoms.